The maximum absolute atomic E-state index is 4.60. The first-order valence-electron chi connectivity index (χ1n) is 7.49. The van der Waals surface area contributed by atoms with Crippen molar-refractivity contribution in [2.24, 2.45) is 5.41 Å². The van der Waals surface area contributed by atoms with Gasteiger partial charge < -0.3 is 10.2 Å². The molecular weight excluding hydrogens is 268 g/mol. The molecule has 2 saturated heterocycles. The van der Waals surface area contributed by atoms with Crippen LogP contribution in [0.25, 0.3) is 10.2 Å². The van der Waals surface area contributed by atoms with Crippen LogP contribution in [-0.2, 0) is 6.42 Å². The third-order valence-electron chi connectivity index (χ3n) is 4.76. The van der Waals surface area contributed by atoms with E-state index in [1.165, 1.54) is 35.5 Å². The van der Waals surface area contributed by atoms with Gasteiger partial charge in [-0.25, -0.2) is 9.97 Å². The van der Waals surface area contributed by atoms with Gasteiger partial charge in [0.25, 0.3) is 0 Å². The number of hydrogen-bond acceptors (Lipinski definition) is 5. The summed E-state index contributed by atoms with van der Waals surface area (Å²) in [6.07, 6.45) is 5.40. The van der Waals surface area contributed by atoms with E-state index in [9.17, 15) is 0 Å². The first-order valence-corrected chi connectivity index (χ1v) is 8.30. The van der Waals surface area contributed by atoms with Crippen LogP contribution in [0.1, 0.15) is 24.6 Å². The maximum Gasteiger partial charge on any atom is 0.150 e. The molecule has 4 heterocycles. The van der Waals surface area contributed by atoms with Gasteiger partial charge in [0, 0.05) is 29.9 Å². The molecule has 0 aromatic carbocycles. The number of anilines is 1. The van der Waals surface area contributed by atoms with E-state index in [2.05, 4.69) is 33.2 Å². The van der Waals surface area contributed by atoms with Crippen LogP contribution >= 0.6 is 11.3 Å². The van der Waals surface area contributed by atoms with E-state index in [1.54, 1.807) is 6.33 Å². The van der Waals surface area contributed by atoms with Gasteiger partial charge in [-0.2, -0.15) is 0 Å². The smallest absolute Gasteiger partial charge is 0.150 e. The fourth-order valence-corrected chi connectivity index (χ4v) is 4.62. The molecule has 1 unspecified atom stereocenters. The number of aromatic nitrogens is 2. The van der Waals surface area contributed by atoms with Crippen LogP contribution in [0.15, 0.2) is 12.4 Å². The minimum Gasteiger partial charge on any atom is -0.355 e. The van der Waals surface area contributed by atoms with E-state index in [4.69, 9.17) is 0 Å². The highest BCUT2D eigenvalue weighted by Gasteiger charge is 2.41. The van der Waals surface area contributed by atoms with Crippen LogP contribution in [0.5, 0.6) is 0 Å². The lowest BCUT2D eigenvalue weighted by Gasteiger charge is -2.23. The lowest BCUT2D eigenvalue weighted by Crippen LogP contribution is -2.29. The lowest BCUT2D eigenvalue weighted by molar-refractivity contribution is 0.369. The summed E-state index contributed by atoms with van der Waals surface area (Å²) in [4.78, 5) is 12.9. The van der Waals surface area contributed by atoms with Gasteiger partial charge in [0.05, 0.1) is 10.2 Å². The van der Waals surface area contributed by atoms with E-state index >= 15 is 0 Å². The first-order chi connectivity index (χ1) is 9.80. The molecule has 2 aliphatic heterocycles. The van der Waals surface area contributed by atoms with Gasteiger partial charge in [-0.15, -0.1) is 11.3 Å². The highest BCUT2D eigenvalue weighted by atomic mass is 32.1. The zero-order valence-corrected chi connectivity index (χ0v) is 12.7. The molecule has 1 N–H and O–H groups in total. The van der Waals surface area contributed by atoms with Crippen molar-refractivity contribution in [3.63, 3.8) is 0 Å². The Kier molecular flexibility index (Phi) is 2.93. The van der Waals surface area contributed by atoms with Gasteiger partial charge in [-0.05, 0) is 31.9 Å². The Morgan fingerprint density at radius 2 is 2.35 bits per heavy atom. The molecule has 106 valence electrons. The third kappa shape index (κ3) is 1.91. The van der Waals surface area contributed by atoms with Gasteiger partial charge in [-0.3, -0.25) is 0 Å². The molecule has 1 spiro atoms. The number of hydrogen-bond donors (Lipinski definition) is 1. The summed E-state index contributed by atoms with van der Waals surface area (Å²) < 4.78 is 1.27. The third-order valence-corrected chi connectivity index (χ3v) is 6.03. The predicted octanol–water partition coefficient (Wildman–Crippen LogP) is 2.44. The van der Waals surface area contributed by atoms with Crippen molar-refractivity contribution in [1.29, 1.82) is 0 Å². The minimum atomic E-state index is 0.488. The quantitative estimate of drug-likeness (QED) is 0.921. The number of thiophene rings is 1. The second-order valence-corrected chi connectivity index (χ2v) is 7.21. The topological polar surface area (TPSA) is 41.1 Å². The fourth-order valence-electron chi connectivity index (χ4n) is 3.55. The summed E-state index contributed by atoms with van der Waals surface area (Å²) in [5, 5.41) is 3.52. The highest BCUT2D eigenvalue weighted by molar-refractivity contribution is 7.19. The summed E-state index contributed by atoms with van der Waals surface area (Å²) in [6.45, 7) is 6.82. The number of nitrogens with zero attached hydrogens (tertiary/aromatic N) is 3. The molecule has 2 fully saturated rings. The molecule has 1 atom stereocenters. The molecule has 2 aliphatic rings. The Hall–Kier alpha value is -1.20. The average molecular weight is 288 g/mol. The molecule has 0 bridgehead atoms. The van der Waals surface area contributed by atoms with Crippen molar-refractivity contribution < 1.29 is 0 Å². The van der Waals surface area contributed by atoms with Crippen LogP contribution < -0.4 is 10.2 Å². The molecule has 0 aliphatic carbocycles. The Morgan fingerprint density at radius 1 is 1.40 bits per heavy atom. The lowest BCUT2D eigenvalue weighted by atomic mass is 9.87. The normalized spacial score (nSPS) is 26.1. The molecule has 20 heavy (non-hydrogen) atoms. The SMILES string of the molecule is CCc1cc2ncnc(N3CCC4(CCNC4)C3)c2s1. The van der Waals surface area contributed by atoms with Crippen molar-refractivity contribution in [2.75, 3.05) is 31.1 Å². The molecule has 4 nitrogen and oxygen atoms in total. The Balaban J connectivity index is 1.70. The average Bonchev–Trinajstić information content (AvgIpc) is 3.19. The summed E-state index contributed by atoms with van der Waals surface area (Å²) in [5.74, 6) is 1.16. The minimum absolute atomic E-state index is 0.488. The van der Waals surface area contributed by atoms with E-state index in [1.807, 2.05) is 11.3 Å². The molecule has 0 radical (unpaired) electrons. The van der Waals surface area contributed by atoms with E-state index in [-0.39, 0.29) is 0 Å². The molecule has 2 aromatic rings. The van der Waals surface area contributed by atoms with E-state index in [0.717, 1.165) is 30.8 Å². The van der Waals surface area contributed by atoms with Gasteiger partial charge in [0.2, 0.25) is 0 Å². The number of nitrogens with one attached hydrogen (secondary N) is 1. The van der Waals surface area contributed by atoms with E-state index < -0.39 is 0 Å². The Labute approximate surface area is 123 Å². The van der Waals surface area contributed by atoms with Crippen LogP contribution in [0.2, 0.25) is 0 Å². The second kappa shape index (κ2) is 4.67. The van der Waals surface area contributed by atoms with Crippen LogP contribution in [0.3, 0.4) is 0 Å². The number of rotatable bonds is 2. The van der Waals surface area contributed by atoms with Gasteiger partial charge in [0.1, 0.15) is 12.1 Å². The standard InChI is InChI=1S/C15H20N4S/c1-2-11-7-12-13(20-11)14(18-10-17-12)19-6-4-15(9-19)3-5-16-8-15/h7,10,16H,2-6,8-9H2,1H3. The van der Waals surface area contributed by atoms with Crippen molar-refractivity contribution in [2.45, 2.75) is 26.2 Å². The van der Waals surface area contributed by atoms with Crippen molar-refractivity contribution in [3.05, 3.63) is 17.3 Å². The van der Waals surface area contributed by atoms with Gasteiger partial charge in [0.15, 0.2) is 0 Å². The molecular formula is C15H20N4S. The molecule has 4 rings (SSSR count). The summed E-state index contributed by atoms with van der Waals surface area (Å²) in [6, 6.07) is 2.22. The number of fused-ring (bicyclic) bond motifs is 1. The first kappa shape index (κ1) is 12.5. The zero-order chi connectivity index (χ0) is 13.6. The predicted molar refractivity (Wildman–Crippen MR) is 83.5 cm³/mol. The Bertz CT molecular complexity index is 630. The van der Waals surface area contributed by atoms with Crippen molar-refractivity contribution in [3.8, 4) is 0 Å². The van der Waals surface area contributed by atoms with Crippen molar-refractivity contribution in [1.82, 2.24) is 15.3 Å². The largest absolute Gasteiger partial charge is 0.355 e. The number of aryl methyl sites for hydroxylation is 1. The van der Waals surface area contributed by atoms with Crippen LogP contribution in [0.4, 0.5) is 5.82 Å². The van der Waals surface area contributed by atoms with Crippen molar-refractivity contribution >= 4 is 27.4 Å². The van der Waals surface area contributed by atoms with Crippen LogP contribution in [0, 0.1) is 5.41 Å². The summed E-state index contributed by atoms with van der Waals surface area (Å²) in [5.41, 5.74) is 1.60. The maximum atomic E-state index is 4.60. The molecule has 5 heteroatoms. The molecule has 2 aromatic heterocycles. The van der Waals surface area contributed by atoms with Gasteiger partial charge in [-0.1, -0.05) is 6.92 Å². The summed E-state index contributed by atoms with van der Waals surface area (Å²) in [7, 11) is 0. The van der Waals surface area contributed by atoms with Crippen LogP contribution in [-0.4, -0.2) is 36.1 Å². The van der Waals surface area contributed by atoms with E-state index in [0.29, 0.717) is 5.41 Å². The Morgan fingerprint density at radius 3 is 3.15 bits per heavy atom. The van der Waals surface area contributed by atoms with Gasteiger partial charge >= 0.3 is 0 Å². The summed E-state index contributed by atoms with van der Waals surface area (Å²) >= 11 is 1.86. The fraction of sp³-hybridized carbons (Fsp3) is 0.600. The highest BCUT2D eigenvalue weighted by Crippen LogP contribution is 2.40. The molecule has 0 saturated carbocycles. The monoisotopic (exact) mass is 288 g/mol. The zero-order valence-electron chi connectivity index (χ0n) is 11.9. The second-order valence-electron chi connectivity index (χ2n) is 6.08. The molecule has 0 amide bonds.